The lowest BCUT2D eigenvalue weighted by molar-refractivity contribution is 0.0784. The highest BCUT2D eigenvalue weighted by Gasteiger charge is 2.50. The van der Waals surface area contributed by atoms with E-state index in [-0.39, 0.29) is 6.10 Å². The van der Waals surface area contributed by atoms with Crippen molar-refractivity contribution in [1.82, 2.24) is 0 Å². The third-order valence-electron chi connectivity index (χ3n) is 9.07. The largest absolute Gasteiger partial charge is 0.393 e. The summed E-state index contributed by atoms with van der Waals surface area (Å²) in [6, 6.07) is 0. The van der Waals surface area contributed by atoms with E-state index >= 15 is 0 Å². The average Bonchev–Trinajstić information content (AvgIpc) is 3.49. The quantitative estimate of drug-likeness (QED) is 0.552. The highest BCUT2D eigenvalue weighted by Crippen LogP contribution is 2.60. The molecule has 0 bridgehead atoms. The molecule has 0 aromatic heterocycles. The van der Waals surface area contributed by atoms with Gasteiger partial charge in [0.2, 0.25) is 0 Å². The third kappa shape index (κ3) is 4.49. The summed E-state index contributed by atoms with van der Waals surface area (Å²) in [6.45, 7) is 9.01. The van der Waals surface area contributed by atoms with Crippen LogP contribution in [-0.2, 0) is 0 Å². The van der Waals surface area contributed by atoms with Gasteiger partial charge in [-0.15, -0.1) is 0 Å². The number of hydrogen-bond donors (Lipinski definition) is 3. The first-order chi connectivity index (χ1) is 14.3. The number of hydrogen-bond acceptors (Lipinski definition) is 3. The molecule has 0 aromatic rings. The van der Waals surface area contributed by atoms with Gasteiger partial charge in [0, 0.05) is 6.42 Å². The summed E-state index contributed by atoms with van der Waals surface area (Å²) in [5, 5.41) is 30.5. The highest BCUT2D eigenvalue weighted by atomic mass is 16.3. The Morgan fingerprint density at radius 3 is 2.63 bits per heavy atom. The van der Waals surface area contributed by atoms with E-state index in [4.69, 9.17) is 0 Å². The molecule has 4 aliphatic carbocycles. The Hall–Kier alpha value is -0.900. The van der Waals surface area contributed by atoms with Crippen LogP contribution in [0.4, 0.5) is 0 Å². The Bertz CT molecular complexity index is 703. The van der Waals surface area contributed by atoms with Gasteiger partial charge in [-0.05, 0) is 104 Å². The van der Waals surface area contributed by atoms with Crippen LogP contribution in [0.1, 0.15) is 84.5 Å². The van der Waals surface area contributed by atoms with E-state index < -0.39 is 12.2 Å². The maximum Gasteiger partial charge on any atom is 0.0811 e. The van der Waals surface area contributed by atoms with Gasteiger partial charge in [0.1, 0.15) is 0 Å². The van der Waals surface area contributed by atoms with Gasteiger partial charge in [0.15, 0.2) is 0 Å². The second-order valence-electron chi connectivity index (χ2n) is 11.1. The van der Waals surface area contributed by atoms with Gasteiger partial charge in [-0.25, -0.2) is 0 Å². The van der Waals surface area contributed by atoms with E-state index in [1.54, 1.807) is 5.57 Å². The van der Waals surface area contributed by atoms with Crippen LogP contribution in [-0.4, -0.2) is 33.6 Å². The average molecular weight is 415 g/mol. The molecule has 0 aliphatic heterocycles. The molecule has 0 amide bonds. The topological polar surface area (TPSA) is 60.7 Å². The van der Waals surface area contributed by atoms with Crippen molar-refractivity contribution in [2.45, 2.75) is 103 Å². The molecule has 3 heteroatoms. The number of aliphatic hydroxyl groups is 3. The van der Waals surface area contributed by atoms with E-state index in [1.165, 1.54) is 44.9 Å². The van der Waals surface area contributed by atoms with Crippen molar-refractivity contribution in [3.05, 3.63) is 35.5 Å². The molecule has 4 rings (SSSR count). The second kappa shape index (κ2) is 8.92. The number of aliphatic hydroxyl groups excluding tert-OH is 3. The van der Waals surface area contributed by atoms with Crippen molar-refractivity contribution in [3.8, 4) is 0 Å². The fourth-order valence-electron chi connectivity index (χ4n) is 7.03. The van der Waals surface area contributed by atoms with Crippen LogP contribution in [0.15, 0.2) is 35.5 Å². The maximum absolute atomic E-state index is 10.3. The van der Waals surface area contributed by atoms with Gasteiger partial charge in [-0.2, -0.15) is 0 Å². The molecular formula is C27H42O3. The molecule has 0 unspecified atom stereocenters. The maximum atomic E-state index is 10.3. The van der Waals surface area contributed by atoms with Crippen molar-refractivity contribution >= 4 is 0 Å². The molecule has 168 valence electrons. The summed E-state index contributed by atoms with van der Waals surface area (Å²) >= 11 is 0. The summed E-state index contributed by atoms with van der Waals surface area (Å²) < 4.78 is 0. The van der Waals surface area contributed by atoms with Crippen molar-refractivity contribution < 1.29 is 15.3 Å². The van der Waals surface area contributed by atoms with Crippen LogP contribution in [0.2, 0.25) is 0 Å². The number of rotatable bonds is 6. The minimum atomic E-state index is -0.613. The molecule has 30 heavy (non-hydrogen) atoms. The monoisotopic (exact) mass is 414 g/mol. The number of allylic oxidation sites excluding steroid dienone is 3. The summed E-state index contributed by atoms with van der Waals surface area (Å²) in [5.41, 5.74) is 3.72. The van der Waals surface area contributed by atoms with E-state index in [1.807, 2.05) is 0 Å². The molecular weight excluding hydrogens is 372 g/mol. The zero-order valence-electron chi connectivity index (χ0n) is 19.0. The summed E-state index contributed by atoms with van der Waals surface area (Å²) in [4.78, 5) is 0. The molecule has 4 saturated carbocycles. The van der Waals surface area contributed by atoms with Crippen LogP contribution in [0.5, 0.6) is 0 Å². The lowest BCUT2D eigenvalue weighted by Gasteiger charge is -2.44. The summed E-state index contributed by atoms with van der Waals surface area (Å²) in [7, 11) is 0. The smallest absolute Gasteiger partial charge is 0.0811 e. The van der Waals surface area contributed by atoms with Crippen LogP contribution in [0.25, 0.3) is 0 Å². The molecule has 0 radical (unpaired) electrons. The Morgan fingerprint density at radius 1 is 1.13 bits per heavy atom. The SMILES string of the molecule is C=C1/C(=C\C=C2/CCC[C@]3(C)[C@H]2CC[C@H]3[C@@H](C)CC[C@@H](O)C2CC2)C[C@H](O)C[C@H]1O. The first-order valence-corrected chi connectivity index (χ1v) is 12.4. The Morgan fingerprint density at radius 2 is 1.90 bits per heavy atom. The van der Waals surface area contributed by atoms with Gasteiger partial charge >= 0.3 is 0 Å². The zero-order chi connectivity index (χ0) is 21.5. The second-order valence-corrected chi connectivity index (χ2v) is 11.1. The van der Waals surface area contributed by atoms with E-state index in [0.29, 0.717) is 36.0 Å². The molecule has 0 saturated heterocycles. The van der Waals surface area contributed by atoms with E-state index in [2.05, 4.69) is 32.6 Å². The predicted molar refractivity (Wildman–Crippen MR) is 122 cm³/mol. The van der Waals surface area contributed by atoms with Gasteiger partial charge in [0.05, 0.1) is 18.3 Å². The summed E-state index contributed by atoms with van der Waals surface area (Å²) in [6.07, 6.45) is 15.2. The Balaban J connectivity index is 1.44. The minimum absolute atomic E-state index is 0.0693. The molecule has 3 nitrogen and oxygen atoms in total. The lowest BCUT2D eigenvalue weighted by atomic mass is 9.60. The highest BCUT2D eigenvalue weighted by molar-refractivity contribution is 5.38. The van der Waals surface area contributed by atoms with Gasteiger partial charge in [-0.3, -0.25) is 0 Å². The standard InChI is InChI=1S/C27H42O3/c1-17(6-13-25(29)20-8-9-20)23-11-12-24-19(5-4-14-27(23,24)3)7-10-21-15-22(28)16-26(30)18(21)2/h7,10,17,20,22-26,28-30H,2,4-6,8-9,11-16H2,1,3H3/b19-7+,21-10-/t17-,22-,23-,24-,25+,26+,27-/m0/s1. The van der Waals surface area contributed by atoms with E-state index in [0.717, 1.165) is 29.9 Å². The normalized spacial score (nSPS) is 41.8. The molecule has 3 N–H and O–H groups in total. The van der Waals surface area contributed by atoms with Crippen LogP contribution in [0, 0.1) is 29.1 Å². The molecule has 0 spiro atoms. The lowest BCUT2D eigenvalue weighted by Crippen LogP contribution is -2.36. The molecule has 0 aromatic carbocycles. The Kier molecular flexibility index (Phi) is 6.63. The fourth-order valence-corrected chi connectivity index (χ4v) is 7.03. The molecule has 4 fully saturated rings. The molecule has 7 atom stereocenters. The third-order valence-corrected chi connectivity index (χ3v) is 9.07. The fraction of sp³-hybridized carbons (Fsp3) is 0.778. The Labute approximate surface area is 183 Å². The molecule has 0 heterocycles. The van der Waals surface area contributed by atoms with Crippen molar-refractivity contribution in [2.24, 2.45) is 29.1 Å². The van der Waals surface area contributed by atoms with Gasteiger partial charge in [-0.1, -0.05) is 38.2 Å². The van der Waals surface area contributed by atoms with E-state index in [9.17, 15) is 15.3 Å². The molecule has 4 aliphatic rings. The van der Waals surface area contributed by atoms with Crippen molar-refractivity contribution in [2.75, 3.05) is 0 Å². The van der Waals surface area contributed by atoms with Crippen molar-refractivity contribution in [3.63, 3.8) is 0 Å². The van der Waals surface area contributed by atoms with Crippen LogP contribution < -0.4 is 0 Å². The van der Waals surface area contributed by atoms with Gasteiger partial charge in [0.25, 0.3) is 0 Å². The predicted octanol–water partition coefficient (Wildman–Crippen LogP) is 5.31. The van der Waals surface area contributed by atoms with Crippen LogP contribution in [0.3, 0.4) is 0 Å². The number of fused-ring (bicyclic) bond motifs is 1. The minimum Gasteiger partial charge on any atom is -0.393 e. The van der Waals surface area contributed by atoms with Crippen molar-refractivity contribution in [1.29, 1.82) is 0 Å². The van der Waals surface area contributed by atoms with Gasteiger partial charge < -0.3 is 15.3 Å². The summed E-state index contributed by atoms with van der Waals surface area (Å²) in [5.74, 6) is 2.66. The van der Waals surface area contributed by atoms with Crippen LogP contribution >= 0.6 is 0 Å². The zero-order valence-corrected chi connectivity index (χ0v) is 19.0. The first-order valence-electron chi connectivity index (χ1n) is 12.4. The first kappa shape index (κ1) is 22.3.